The van der Waals surface area contributed by atoms with Gasteiger partial charge in [-0.05, 0) is 234 Å². The van der Waals surface area contributed by atoms with Crippen LogP contribution in [-0.4, -0.2) is 9.13 Å². The number of anilines is 6. The zero-order valence-electron chi connectivity index (χ0n) is 66.0. The molecule has 0 saturated heterocycles. The fourth-order valence-electron chi connectivity index (χ4n) is 19.7. The van der Waals surface area contributed by atoms with Crippen LogP contribution in [0.15, 0.2) is 485 Å². The van der Waals surface area contributed by atoms with Crippen LogP contribution >= 0.6 is 0 Å². The molecule has 0 bridgehead atoms. The van der Waals surface area contributed by atoms with Gasteiger partial charge in [0, 0.05) is 67.0 Å². The fraction of sp³-hybridized carbons (Fsp3) is 0.0172. The standard InChI is InChI=1S/C61H42N2.C55H38N2/c1-4-16-43(17-5-1)44-28-35-50(36-29-44)62(51-37-30-45(31-38-51)46-32-41-60-56(42-46)55-24-12-15-27-59(55)63(60)49-20-8-3-9-21-49)52-39-33-48(34-40-52)61(47-18-6-2-7-19-47)57-25-13-10-22-53(57)54-23-11-14-26-58(54)61;1-4-16-41(17-5-1)55(51-25-13-10-22-47(51)48-23-11-14-26-52(48)55)42-31-35-46(36-32-42)56(43-18-6-2-7-19-43)45-33-28-39(29-34-45)40-30-37-54-50(38-40)49-24-12-15-27-53(49)57(54)44-20-8-3-9-21-44/h1-42H;1-38H. The average Bonchev–Trinajstić information content (AvgIpc) is 1.54. The second-order valence-electron chi connectivity index (χ2n) is 31.4. The molecule has 0 amide bonds. The second kappa shape index (κ2) is 29.9. The van der Waals surface area contributed by atoms with Crippen LogP contribution in [0.1, 0.15) is 44.5 Å². The summed E-state index contributed by atoms with van der Waals surface area (Å²) >= 11 is 0. The van der Waals surface area contributed by atoms with Gasteiger partial charge < -0.3 is 18.9 Å². The lowest BCUT2D eigenvalue weighted by Crippen LogP contribution is -2.28. The molecule has 0 N–H and O–H groups in total. The van der Waals surface area contributed by atoms with Crippen LogP contribution in [-0.2, 0) is 10.8 Å². The minimum absolute atomic E-state index is 0.430. The van der Waals surface area contributed by atoms with Crippen molar-refractivity contribution >= 4 is 77.7 Å². The summed E-state index contributed by atoms with van der Waals surface area (Å²) in [4.78, 5) is 4.74. The van der Waals surface area contributed by atoms with Crippen molar-refractivity contribution in [3.8, 4) is 67.0 Å². The molecule has 21 aromatic rings. The molecular formula is C116H80N4. The van der Waals surface area contributed by atoms with Crippen LogP contribution in [0.4, 0.5) is 34.1 Å². The van der Waals surface area contributed by atoms with Crippen LogP contribution in [0.25, 0.3) is 111 Å². The maximum absolute atomic E-state index is 2.38. The van der Waals surface area contributed by atoms with Crippen molar-refractivity contribution in [2.45, 2.75) is 10.8 Å². The molecule has 4 nitrogen and oxygen atoms in total. The Morgan fingerprint density at radius 3 is 0.742 bits per heavy atom. The first kappa shape index (κ1) is 71.0. The molecule has 0 saturated carbocycles. The summed E-state index contributed by atoms with van der Waals surface area (Å²) in [5, 5.41) is 5.01. The number of aromatic nitrogens is 2. The predicted octanol–water partition coefficient (Wildman–Crippen LogP) is 30.2. The summed E-state index contributed by atoms with van der Waals surface area (Å²) in [5.74, 6) is 0. The highest BCUT2D eigenvalue weighted by Crippen LogP contribution is 2.59. The van der Waals surface area contributed by atoms with Crippen molar-refractivity contribution in [3.63, 3.8) is 0 Å². The Morgan fingerprint density at radius 1 is 0.158 bits per heavy atom. The molecule has 2 aliphatic carbocycles. The maximum atomic E-state index is 2.38. The van der Waals surface area contributed by atoms with Gasteiger partial charge >= 0.3 is 0 Å². The Balaban J connectivity index is 0.000000145. The first-order valence-electron chi connectivity index (χ1n) is 41.4. The SMILES string of the molecule is c1ccc(-c2ccc(N(c3ccc(-c4ccc5c(c4)c4ccccc4n5-c4ccccc4)cc3)c3ccc(C4(c5ccccc5)c5ccccc5-c5ccccc54)cc3)cc2)cc1.c1ccc(N(c2ccc(-c3ccc4c(c3)c3ccccc3n4-c3ccccc3)cc2)c2ccc(C3(c4ccccc4)c4ccccc4-c4ccccc43)cc2)cc1. The summed E-state index contributed by atoms with van der Waals surface area (Å²) in [6, 6.07) is 177. The Kier molecular flexibility index (Phi) is 17.7. The van der Waals surface area contributed by atoms with Crippen LogP contribution in [0.5, 0.6) is 0 Å². The van der Waals surface area contributed by atoms with E-state index in [2.05, 4.69) is 504 Å². The number of rotatable bonds is 15. The van der Waals surface area contributed by atoms with Crippen LogP contribution < -0.4 is 9.80 Å². The summed E-state index contributed by atoms with van der Waals surface area (Å²) in [6.45, 7) is 0. The summed E-state index contributed by atoms with van der Waals surface area (Å²) in [7, 11) is 0. The van der Waals surface area contributed by atoms with Crippen molar-refractivity contribution in [2.75, 3.05) is 9.80 Å². The highest BCUT2D eigenvalue weighted by Gasteiger charge is 2.47. The third-order valence-electron chi connectivity index (χ3n) is 25.0. The molecule has 19 aromatic carbocycles. The smallest absolute Gasteiger partial charge is 0.0713 e. The van der Waals surface area contributed by atoms with Crippen LogP contribution in [0, 0.1) is 0 Å². The molecule has 0 unspecified atom stereocenters. The number of nitrogens with zero attached hydrogens (tertiary/aromatic N) is 4. The molecule has 2 heterocycles. The lowest BCUT2D eigenvalue weighted by Gasteiger charge is -2.34. The lowest BCUT2D eigenvalue weighted by atomic mass is 9.68. The van der Waals surface area contributed by atoms with E-state index in [-0.39, 0.29) is 0 Å². The third-order valence-corrected chi connectivity index (χ3v) is 25.0. The molecule has 2 aliphatic rings. The van der Waals surface area contributed by atoms with Crippen molar-refractivity contribution in [1.29, 1.82) is 0 Å². The number of para-hydroxylation sites is 5. The molecule has 0 atom stereocenters. The average molecular weight is 1530 g/mol. The van der Waals surface area contributed by atoms with E-state index in [1.54, 1.807) is 0 Å². The van der Waals surface area contributed by atoms with E-state index in [0.29, 0.717) is 0 Å². The monoisotopic (exact) mass is 1530 g/mol. The Hall–Kier alpha value is -15.6. The normalized spacial score (nSPS) is 12.6. The molecule has 0 radical (unpaired) electrons. The van der Waals surface area contributed by atoms with Gasteiger partial charge in [-0.2, -0.15) is 0 Å². The van der Waals surface area contributed by atoms with Gasteiger partial charge in [0.25, 0.3) is 0 Å². The molecule has 0 aliphatic heterocycles. The van der Waals surface area contributed by atoms with Crippen molar-refractivity contribution in [1.82, 2.24) is 9.13 Å². The van der Waals surface area contributed by atoms with E-state index in [1.165, 1.54) is 155 Å². The lowest BCUT2D eigenvalue weighted by molar-refractivity contribution is 0.768. The fourth-order valence-corrected chi connectivity index (χ4v) is 19.7. The van der Waals surface area contributed by atoms with Gasteiger partial charge in [-0.3, -0.25) is 0 Å². The van der Waals surface area contributed by atoms with Crippen molar-refractivity contribution in [2.24, 2.45) is 0 Å². The summed E-state index contributed by atoms with van der Waals surface area (Å²) in [5.41, 5.74) is 35.5. The quantitative estimate of drug-likeness (QED) is 0.102. The van der Waals surface area contributed by atoms with Gasteiger partial charge in [0.05, 0.1) is 32.9 Å². The number of hydrogen-bond acceptors (Lipinski definition) is 2. The number of hydrogen-bond donors (Lipinski definition) is 0. The number of benzene rings is 19. The summed E-state index contributed by atoms with van der Waals surface area (Å²) in [6.07, 6.45) is 0. The maximum Gasteiger partial charge on any atom is 0.0713 e. The largest absolute Gasteiger partial charge is 0.311 e. The van der Waals surface area contributed by atoms with E-state index < -0.39 is 10.8 Å². The Labute approximate surface area is 699 Å². The predicted molar refractivity (Wildman–Crippen MR) is 502 cm³/mol. The molecule has 4 heteroatoms. The van der Waals surface area contributed by atoms with Gasteiger partial charge in [0.1, 0.15) is 0 Å². The first-order chi connectivity index (χ1) is 59.5. The van der Waals surface area contributed by atoms with Gasteiger partial charge in [0.2, 0.25) is 0 Å². The van der Waals surface area contributed by atoms with E-state index in [9.17, 15) is 0 Å². The molecule has 23 rings (SSSR count). The zero-order valence-corrected chi connectivity index (χ0v) is 66.0. The topological polar surface area (TPSA) is 16.3 Å². The molecule has 2 aromatic heterocycles. The van der Waals surface area contributed by atoms with E-state index in [4.69, 9.17) is 0 Å². The van der Waals surface area contributed by atoms with E-state index in [1.807, 2.05) is 0 Å². The van der Waals surface area contributed by atoms with Gasteiger partial charge in [0.15, 0.2) is 0 Å². The highest BCUT2D eigenvalue weighted by atomic mass is 15.1. The van der Waals surface area contributed by atoms with Crippen molar-refractivity contribution < 1.29 is 0 Å². The van der Waals surface area contributed by atoms with E-state index in [0.717, 1.165) is 34.1 Å². The van der Waals surface area contributed by atoms with Crippen LogP contribution in [0.2, 0.25) is 0 Å². The molecule has 564 valence electrons. The zero-order chi connectivity index (χ0) is 79.5. The first-order valence-corrected chi connectivity index (χ1v) is 41.4. The minimum Gasteiger partial charge on any atom is -0.311 e. The Bertz CT molecular complexity index is 7240. The minimum atomic E-state index is -0.453. The van der Waals surface area contributed by atoms with E-state index >= 15 is 0 Å². The van der Waals surface area contributed by atoms with Gasteiger partial charge in [-0.1, -0.05) is 352 Å². The molecule has 120 heavy (non-hydrogen) atoms. The molecule has 0 spiro atoms. The van der Waals surface area contributed by atoms with Gasteiger partial charge in [-0.25, -0.2) is 0 Å². The van der Waals surface area contributed by atoms with Crippen LogP contribution in [0.3, 0.4) is 0 Å². The molecule has 0 fully saturated rings. The third kappa shape index (κ3) is 11.8. The van der Waals surface area contributed by atoms with Gasteiger partial charge in [-0.15, -0.1) is 0 Å². The Morgan fingerprint density at radius 2 is 0.392 bits per heavy atom. The second-order valence-corrected chi connectivity index (χ2v) is 31.4. The van der Waals surface area contributed by atoms with Crippen molar-refractivity contribution in [3.05, 3.63) is 530 Å². The number of fused-ring (bicyclic) bond motifs is 12. The highest BCUT2D eigenvalue weighted by molar-refractivity contribution is 6.12. The molecular weight excluding hydrogens is 1450 g/mol. The summed E-state index contributed by atoms with van der Waals surface area (Å²) < 4.78 is 4.74.